The van der Waals surface area contributed by atoms with Gasteiger partial charge in [0.2, 0.25) is 15.9 Å². The van der Waals surface area contributed by atoms with E-state index in [4.69, 9.17) is 0 Å². The molecule has 2 aromatic rings. The summed E-state index contributed by atoms with van der Waals surface area (Å²) < 4.78 is 42.2. The third-order valence-electron chi connectivity index (χ3n) is 5.26. The molecule has 3 rings (SSSR count). The standard InChI is InChI=1S/C19H20FN5O5S/c1-3-31(29,30)25(18(27)12-6-4-5-7-12)15-9-16(14(20)8-13(15)10-21)24-19(28)23(2)17(26)11-22-24/h8-9,11-12H,3-7H2,1-2H3. The van der Waals surface area contributed by atoms with E-state index in [0.717, 1.165) is 31.2 Å². The van der Waals surface area contributed by atoms with Crippen LogP contribution in [0.2, 0.25) is 0 Å². The van der Waals surface area contributed by atoms with Crippen molar-refractivity contribution in [2.75, 3.05) is 10.1 Å². The minimum absolute atomic E-state index is 0.361. The van der Waals surface area contributed by atoms with Gasteiger partial charge in [-0.05, 0) is 31.9 Å². The number of amides is 1. The van der Waals surface area contributed by atoms with Crippen molar-refractivity contribution in [3.05, 3.63) is 50.5 Å². The molecule has 0 saturated heterocycles. The molecule has 1 heterocycles. The maximum atomic E-state index is 14.8. The Bertz CT molecular complexity index is 1300. The van der Waals surface area contributed by atoms with E-state index in [1.54, 1.807) is 6.07 Å². The highest BCUT2D eigenvalue weighted by Crippen LogP contribution is 2.33. The van der Waals surface area contributed by atoms with Crippen LogP contribution < -0.4 is 15.6 Å². The molecule has 1 aromatic heterocycles. The van der Waals surface area contributed by atoms with Crippen molar-refractivity contribution in [1.29, 1.82) is 5.26 Å². The Balaban J connectivity index is 2.30. The van der Waals surface area contributed by atoms with Gasteiger partial charge in [-0.15, -0.1) is 0 Å². The monoisotopic (exact) mass is 449 g/mol. The first-order valence-corrected chi connectivity index (χ1v) is 11.2. The fraction of sp³-hybridized carbons (Fsp3) is 0.421. The number of nitrogens with zero attached hydrogens (tertiary/aromatic N) is 5. The van der Waals surface area contributed by atoms with Crippen LogP contribution in [0.3, 0.4) is 0 Å². The predicted octanol–water partition coefficient (Wildman–Crippen LogP) is 0.815. The van der Waals surface area contributed by atoms with Gasteiger partial charge in [0.1, 0.15) is 18.0 Å². The highest BCUT2D eigenvalue weighted by Gasteiger charge is 2.36. The van der Waals surface area contributed by atoms with Crippen molar-refractivity contribution in [2.45, 2.75) is 32.6 Å². The molecule has 12 heteroatoms. The quantitative estimate of drug-likeness (QED) is 0.659. The van der Waals surface area contributed by atoms with Crippen LogP contribution in [0.4, 0.5) is 10.1 Å². The van der Waals surface area contributed by atoms with Crippen molar-refractivity contribution in [2.24, 2.45) is 13.0 Å². The summed E-state index contributed by atoms with van der Waals surface area (Å²) in [6.45, 7) is 1.35. The van der Waals surface area contributed by atoms with E-state index in [2.05, 4.69) is 5.10 Å². The second-order valence-electron chi connectivity index (χ2n) is 7.15. The van der Waals surface area contributed by atoms with E-state index in [9.17, 15) is 32.5 Å². The molecule has 1 aromatic carbocycles. The topological polar surface area (TPSA) is 135 Å². The van der Waals surface area contributed by atoms with Gasteiger partial charge >= 0.3 is 5.69 Å². The lowest BCUT2D eigenvalue weighted by Gasteiger charge is -2.26. The molecule has 0 radical (unpaired) electrons. The van der Waals surface area contributed by atoms with E-state index >= 15 is 0 Å². The summed E-state index contributed by atoms with van der Waals surface area (Å²) in [6.07, 6.45) is 3.35. The average Bonchev–Trinajstić information content (AvgIpc) is 3.28. The maximum absolute atomic E-state index is 14.8. The number of rotatable bonds is 5. The highest BCUT2D eigenvalue weighted by molar-refractivity contribution is 7.93. The van der Waals surface area contributed by atoms with Crippen LogP contribution in [0.1, 0.15) is 38.2 Å². The third kappa shape index (κ3) is 4.00. The van der Waals surface area contributed by atoms with Gasteiger partial charge in [-0.3, -0.25) is 14.2 Å². The summed E-state index contributed by atoms with van der Waals surface area (Å²) in [5, 5.41) is 13.1. The summed E-state index contributed by atoms with van der Waals surface area (Å²) >= 11 is 0. The van der Waals surface area contributed by atoms with E-state index in [1.807, 2.05) is 0 Å². The fourth-order valence-electron chi connectivity index (χ4n) is 3.49. The first-order chi connectivity index (χ1) is 14.6. The molecule has 1 amide bonds. The van der Waals surface area contributed by atoms with E-state index < -0.39 is 50.4 Å². The largest absolute Gasteiger partial charge is 0.352 e. The zero-order valence-corrected chi connectivity index (χ0v) is 17.7. The van der Waals surface area contributed by atoms with Gasteiger partial charge in [-0.25, -0.2) is 21.9 Å². The van der Waals surface area contributed by atoms with Gasteiger partial charge in [0.25, 0.3) is 5.56 Å². The molecule has 0 N–H and O–H groups in total. The van der Waals surface area contributed by atoms with E-state index in [1.165, 1.54) is 14.0 Å². The van der Waals surface area contributed by atoms with Crippen molar-refractivity contribution >= 4 is 21.6 Å². The Morgan fingerprint density at radius 1 is 1.32 bits per heavy atom. The van der Waals surface area contributed by atoms with Crippen LogP contribution in [0.15, 0.2) is 27.9 Å². The van der Waals surface area contributed by atoms with Crippen molar-refractivity contribution in [1.82, 2.24) is 14.3 Å². The van der Waals surface area contributed by atoms with Crippen molar-refractivity contribution in [3.63, 3.8) is 0 Å². The van der Waals surface area contributed by atoms with E-state index in [0.29, 0.717) is 26.4 Å². The lowest BCUT2D eigenvalue weighted by Crippen LogP contribution is -2.42. The fourth-order valence-corrected chi connectivity index (χ4v) is 4.62. The lowest BCUT2D eigenvalue weighted by molar-refractivity contribution is -0.121. The molecule has 0 atom stereocenters. The molecule has 164 valence electrons. The van der Waals surface area contributed by atoms with Gasteiger partial charge in [0.05, 0.1) is 17.0 Å². The highest BCUT2D eigenvalue weighted by atomic mass is 32.2. The van der Waals surface area contributed by atoms with Crippen LogP contribution in [-0.4, -0.2) is 34.4 Å². The molecule has 0 bridgehead atoms. The minimum atomic E-state index is -4.17. The second-order valence-corrected chi connectivity index (χ2v) is 9.26. The number of sulfonamides is 1. The Morgan fingerprint density at radius 3 is 2.55 bits per heavy atom. The van der Waals surface area contributed by atoms with Crippen LogP contribution in [0.25, 0.3) is 5.69 Å². The van der Waals surface area contributed by atoms with Crippen molar-refractivity contribution in [3.8, 4) is 11.8 Å². The van der Waals surface area contributed by atoms with Crippen LogP contribution >= 0.6 is 0 Å². The van der Waals surface area contributed by atoms with Gasteiger partial charge < -0.3 is 0 Å². The number of hydrogen-bond acceptors (Lipinski definition) is 7. The summed E-state index contributed by atoms with van der Waals surface area (Å²) in [5.74, 6) is -2.72. The first kappa shape index (κ1) is 22.4. The zero-order chi connectivity index (χ0) is 22.9. The average molecular weight is 449 g/mol. The normalized spacial score (nSPS) is 14.4. The molecule has 0 unspecified atom stereocenters. The maximum Gasteiger partial charge on any atom is 0.352 e. The summed E-state index contributed by atoms with van der Waals surface area (Å²) in [6, 6.07) is 3.37. The Labute approximate surface area is 177 Å². The molecule has 0 spiro atoms. The summed E-state index contributed by atoms with van der Waals surface area (Å²) in [7, 11) is -3.00. The van der Waals surface area contributed by atoms with Crippen LogP contribution in [0, 0.1) is 23.1 Å². The second kappa shape index (κ2) is 8.43. The first-order valence-electron chi connectivity index (χ1n) is 9.58. The minimum Gasteiger partial charge on any atom is -0.273 e. The molecule has 1 saturated carbocycles. The third-order valence-corrected chi connectivity index (χ3v) is 6.93. The van der Waals surface area contributed by atoms with Crippen LogP contribution in [-0.2, 0) is 21.9 Å². The molecule has 1 aliphatic carbocycles. The number of carbonyl (C=O) groups is 1. The van der Waals surface area contributed by atoms with Gasteiger partial charge in [0.15, 0.2) is 5.82 Å². The molecule has 31 heavy (non-hydrogen) atoms. The number of hydrogen-bond donors (Lipinski definition) is 0. The molecule has 0 aliphatic heterocycles. The van der Waals surface area contributed by atoms with Crippen LogP contribution in [0.5, 0.6) is 0 Å². The van der Waals surface area contributed by atoms with Crippen molar-refractivity contribution < 1.29 is 17.6 Å². The molecule has 10 nitrogen and oxygen atoms in total. The van der Waals surface area contributed by atoms with E-state index in [-0.39, 0.29) is 11.3 Å². The molecular formula is C19H20FN5O5S. The Morgan fingerprint density at radius 2 is 1.97 bits per heavy atom. The number of anilines is 1. The van der Waals surface area contributed by atoms with Gasteiger partial charge in [-0.1, -0.05) is 12.8 Å². The number of carbonyl (C=O) groups excluding carboxylic acids is 1. The van der Waals surface area contributed by atoms with Gasteiger partial charge in [-0.2, -0.15) is 15.0 Å². The zero-order valence-electron chi connectivity index (χ0n) is 16.9. The Kier molecular flexibility index (Phi) is 6.08. The number of nitriles is 1. The number of benzene rings is 1. The molecule has 1 fully saturated rings. The van der Waals surface area contributed by atoms with Gasteiger partial charge in [0, 0.05) is 13.0 Å². The SMILES string of the molecule is CCS(=O)(=O)N(C(=O)C1CCCC1)c1cc(-n2ncc(=O)n(C)c2=O)c(F)cc1C#N. The summed E-state index contributed by atoms with van der Waals surface area (Å²) in [4.78, 5) is 37.1. The molecular weight excluding hydrogens is 429 g/mol. The smallest absolute Gasteiger partial charge is 0.273 e. The Hall–Kier alpha value is -3.33. The summed E-state index contributed by atoms with van der Waals surface area (Å²) in [5.41, 5.74) is -2.94. The lowest BCUT2D eigenvalue weighted by atomic mass is 10.1. The molecule has 1 aliphatic rings. The number of aromatic nitrogens is 3. The predicted molar refractivity (Wildman–Crippen MR) is 109 cm³/mol. The number of halogens is 1.